The van der Waals surface area contributed by atoms with E-state index in [-0.39, 0.29) is 16.5 Å². The second-order valence-electron chi connectivity index (χ2n) is 3.95. The average molecular weight is 348 g/mol. The number of benzene rings is 1. The van der Waals surface area contributed by atoms with Crippen molar-refractivity contribution < 1.29 is 8.42 Å². The minimum absolute atomic E-state index is 0.00876. The van der Waals surface area contributed by atoms with Crippen LogP contribution in [-0.2, 0) is 10.0 Å². The molecule has 0 bridgehead atoms. The van der Waals surface area contributed by atoms with Gasteiger partial charge in [-0.2, -0.15) is 0 Å². The minimum Gasteiger partial charge on any atom is -0.384 e. The summed E-state index contributed by atoms with van der Waals surface area (Å²) in [5, 5.41) is 0. The summed E-state index contributed by atoms with van der Waals surface area (Å²) in [6, 6.07) is 8.80. The van der Waals surface area contributed by atoms with Crippen molar-refractivity contribution in [2.45, 2.75) is 4.90 Å². The maximum Gasteiger partial charge on any atom is 0.263 e. The van der Waals surface area contributed by atoms with E-state index in [1.807, 2.05) is 0 Å². The van der Waals surface area contributed by atoms with Gasteiger partial charge in [-0.1, -0.05) is 6.07 Å². The van der Waals surface area contributed by atoms with Gasteiger partial charge in [0.15, 0.2) is 0 Å². The van der Waals surface area contributed by atoms with E-state index >= 15 is 0 Å². The highest BCUT2D eigenvalue weighted by molar-refractivity contribution is 7.92. The second kappa shape index (κ2) is 6.25. The largest absolute Gasteiger partial charge is 0.384 e. The molecule has 0 radical (unpaired) electrons. The van der Waals surface area contributed by atoms with Gasteiger partial charge in [-0.25, -0.2) is 13.4 Å². The number of anilines is 4. The summed E-state index contributed by atoms with van der Waals surface area (Å²) in [5.74, 6) is 0.329. The Kier molecular flexibility index (Phi) is 4.61. The van der Waals surface area contributed by atoms with Gasteiger partial charge in [0.05, 0.1) is 16.3 Å². The third-order valence-electron chi connectivity index (χ3n) is 2.51. The van der Waals surface area contributed by atoms with Gasteiger partial charge in [-0.15, -0.1) is 0 Å². The summed E-state index contributed by atoms with van der Waals surface area (Å²) < 4.78 is 26.8. The molecule has 10 heteroatoms. The van der Waals surface area contributed by atoms with Crippen molar-refractivity contribution in [2.24, 2.45) is 0 Å². The Bertz CT molecular complexity index is 754. The van der Waals surface area contributed by atoms with Crippen molar-refractivity contribution >= 4 is 56.6 Å². The fraction of sp³-hybridized carbons (Fsp3) is 0. The van der Waals surface area contributed by atoms with Crippen LogP contribution in [0.25, 0.3) is 0 Å². The Morgan fingerprint density at radius 1 is 1.05 bits per heavy atom. The van der Waals surface area contributed by atoms with Crippen LogP contribution in [-0.4, -0.2) is 13.4 Å². The number of pyridine rings is 1. The van der Waals surface area contributed by atoms with Crippen LogP contribution in [0.15, 0.2) is 41.3 Å². The number of sulfonamides is 1. The molecule has 0 saturated carbocycles. The van der Waals surface area contributed by atoms with Crippen LogP contribution in [0.5, 0.6) is 0 Å². The summed E-state index contributed by atoms with van der Waals surface area (Å²) in [4.78, 5) is 8.56. The highest BCUT2D eigenvalue weighted by Crippen LogP contribution is 2.27. The summed E-state index contributed by atoms with van der Waals surface area (Å²) in [6.07, 6.45) is 0. The van der Waals surface area contributed by atoms with Crippen molar-refractivity contribution in [1.82, 2.24) is 4.98 Å². The number of nitrogens with one attached hydrogen (secondary N) is 3. The van der Waals surface area contributed by atoms with Crippen LogP contribution in [0.2, 0.25) is 0 Å². The molecule has 2 rings (SSSR count). The molecule has 0 atom stereocenters. The van der Waals surface area contributed by atoms with Crippen LogP contribution in [0.4, 0.5) is 23.0 Å². The molecular weight excluding hydrogens is 337 g/mol. The number of aromatic nitrogens is 1. The molecular formula is C11H11Cl2N5O2S. The molecule has 1 aromatic carbocycles. The third kappa shape index (κ3) is 3.60. The Morgan fingerprint density at radius 3 is 2.38 bits per heavy atom. The maximum atomic E-state index is 12.3. The third-order valence-corrected chi connectivity index (χ3v) is 4.27. The lowest BCUT2D eigenvalue weighted by Gasteiger charge is -2.11. The lowest BCUT2D eigenvalue weighted by atomic mass is 10.3. The Labute approximate surface area is 131 Å². The van der Waals surface area contributed by atoms with Gasteiger partial charge in [0.25, 0.3) is 10.0 Å². The Hall–Kier alpha value is -1.90. The van der Waals surface area contributed by atoms with Crippen molar-refractivity contribution in [2.75, 3.05) is 20.1 Å². The van der Waals surface area contributed by atoms with Crippen LogP contribution in [0.1, 0.15) is 0 Å². The summed E-state index contributed by atoms with van der Waals surface area (Å²) >= 11 is 11.0. The van der Waals surface area contributed by atoms with Crippen molar-refractivity contribution in [3.8, 4) is 0 Å². The molecule has 0 fully saturated rings. The quantitative estimate of drug-likeness (QED) is 0.619. The Morgan fingerprint density at radius 2 is 1.76 bits per heavy atom. The normalized spacial score (nSPS) is 11.0. The molecule has 0 aliphatic rings. The molecule has 0 spiro atoms. The molecule has 0 amide bonds. The molecule has 0 unspecified atom stereocenters. The smallest absolute Gasteiger partial charge is 0.263 e. The monoisotopic (exact) mass is 347 g/mol. The Balaban J connectivity index is 2.35. The van der Waals surface area contributed by atoms with E-state index in [4.69, 9.17) is 29.3 Å². The van der Waals surface area contributed by atoms with E-state index in [2.05, 4.69) is 19.4 Å². The summed E-state index contributed by atoms with van der Waals surface area (Å²) in [6.45, 7) is 0. The zero-order valence-corrected chi connectivity index (χ0v) is 12.8. The van der Waals surface area contributed by atoms with E-state index in [0.29, 0.717) is 11.4 Å². The van der Waals surface area contributed by atoms with E-state index < -0.39 is 10.0 Å². The van der Waals surface area contributed by atoms with Crippen molar-refractivity contribution in [1.29, 1.82) is 0 Å². The zero-order chi connectivity index (χ0) is 15.5. The molecule has 0 aliphatic carbocycles. The van der Waals surface area contributed by atoms with E-state index in [9.17, 15) is 8.42 Å². The molecule has 5 N–H and O–H groups in total. The number of halogens is 2. The topological polar surface area (TPSA) is 109 Å². The number of rotatable bonds is 5. The van der Waals surface area contributed by atoms with Crippen molar-refractivity contribution in [3.05, 3.63) is 36.4 Å². The van der Waals surface area contributed by atoms with Crippen LogP contribution >= 0.6 is 23.6 Å². The number of nitrogens with zero attached hydrogens (tertiary/aromatic N) is 1. The highest BCUT2D eigenvalue weighted by Gasteiger charge is 2.17. The molecule has 2 aromatic rings. The van der Waals surface area contributed by atoms with Crippen molar-refractivity contribution in [3.63, 3.8) is 0 Å². The lowest BCUT2D eigenvalue weighted by molar-refractivity contribution is 0.601. The maximum absolute atomic E-state index is 12.3. The fourth-order valence-electron chi connectivity index (χ4n) is 1.56. The number of hydrogen-bond donors (Lipinski definition) is 4. The average Bonchev–Trinajstić information content (AvgIpc) is 2.46. The molecule has 1 aromatic heterocycles. The summed E-state index contributed by atoms with van der Waals surface area (Å²) in [5.41, 5.74) is 6.26. The predicted molar refractivity (Wildman–Crippen MR) is 84.9 cm³/mol. The molecule has 0 aliphatic heterocycles. The minimum atomic E-state index is -3.83. The van der Waals surface area contributed by atoms with E-state index in [0.717, 1.165) is 0 Å². The number of hydrogen-bond acceptors (Lipinski definition) is 6. The van der Waals surface area contributed by atoms with Gasteiger partial charge < -0.3 is 5.73 Å². The molecule has 21 heavy (non-hydrogen) atoms. The first-order valence-corrected chi connectivity index (χ1v) is 7.83. The van der Waals surface area contributed by atoms with Gasteiger partial charge in [0, 0.05) is 23.6 Å². The number of nitrogen functional groups attached to an aromatic ring is 1. The van der Waals surface area contributed by atoms with Gasteiger partial charge in [0.2, 0.25) is 0 Å². The standard InChI is InChI=1S/C11H11Cl2N5O2S/c12-16-8-5-4-7(6-9(8)17-13)21(19,20)18-11-3-1-2-10(14)15-11/h1-6,16-17H,(H3,14,15,18). The summed E-state index contributed by atoms with van der Waals surface area (Å²) in [7, 11) is -3.83. The van der Waals surface area contributed by atoms with Crippen LogP contribution in [0.3, 0.4) is 0 Å². The first-order chi connectivity index (χ1) is 9.96. The molecule has 112 valence electrons. The highest BCUT2D eigenvalue weighted by atomic mass is 35.5. The molecule has 7 nitrogen and oxygen atoms in total. The SMILES string of the molecule is Nc1cccc(NS(=O)(=O)c2ccc(NCl)c(NCl)c2)n1. The fourth-order valence-corrected chi connectivity index (χ4v) is 2.90. The van der Waals surface area contributed by atoms with Gasteiger partial charge in [0.1, 0.15) is 11.6 Å². The van der Waals surface area contributed by atoms with Crippen LogP contribution in [0, 0.1) is 0 Å². The first kappa shape index (κ1) is 15.5. The predicted octanol–water partition coefficient (Wildman–Crippen LogP) is 2.60. The lowest BCUT2D eigenvalue weighted by Crippen LogP contribution is -2.14. The number of nitrogens with two attached hydrogens (primary N) is 1. The van der Waals surface area contributed by atoms with Crippen LogP contribution < -0.4 is 20.1 Å². The zero-order valence-electron chi connectivity index (χ0n) is 10.5. The molecule has 1 heterocycles. The first-order valence-electron chi connectivity index (χ1n) is 5.59. The van der Waals surface area contributed by atoms with Gasteiger partial charge in [-0.3, -0.25) is 14.4 Å². The van der Waals surface area contributed by atoms with E-state index in [1.54, 1.807) is 12.1 Å². The van der Waals surface area contributed by atoms with Gasteiger partial charge >= 0.3 is 0 Å². The van der Waals surface area contributed by atoms with Gasteiger partial charge in [-0.05, 0) is 30.3 Å². The molecule has 0 saturated heterocycles. The van der Waals surface area contributed by atoms with E-state index in [1.165, 1.54) is 24.3 Å². The second-order valence-corrected chi connectivity index (χ2v) is 6.01.